The van der Waals surface area contributed by atoms with Gasteiger partial charge in [0.25, 0.3) is 0 Å². The summed E-state index contributed by atoms with van der Waals surface area (Å²) in [4.78, 5) is 4.69. The average molecular weight is 294 g/mol. The Bertz CT molecular complexity index is 443. The lowest BCUT2D eigenvalue weighted by Crippen LogP contribution is -2.28. The molecule has 120 valence electrons. The number of aliphatic hydroxyl groups excluding tert-OH is 1. The van der Waals surface area contributed by atoms with Gasteiger partial charge in [0.2, 0.25) is 0 Å². The van der Waals surface area contributed by atoms with Crippen molar-refractivity contribution in [3.05, 3.63) is 17.5 Å². The summed E-state index contributed by atoms with van der Waals surface area (Å²) in [7, 11) is 4.21. The van der Waals surface area contributed by atoms with Crippen molar-refractivity contribution in [3.63, 3.8) is 0 Å². The molecule has 0 aromatic carbocycles. The first kappa shape index (κ1) is 16.5. The Kier molecular flexibility index (Phi) is 5.79. The topological polar surface area (TPSA) is 44.5 Å². The van der Waals surface area contributed by atoms with Gasteiger partial charge in [0.1, 0.15) is 0 Å². The summed E-state index contributed by atoms with van der Waals surface area (Å²) in [6.07, 6.45) is 3.13. The molecule has 1 N–H and O–H groups in total. The van der Waals surface area contributed by atoms with E-state index < -0.39 is 0 Å². The summed E-state index contributed by atoms with van der Waals surface area (Å²) >= 11 is 0. The van der Waals surface area contributed by atoms with Crippen molar-refractivity contribution in [3.8, 4) is 0 Å². The summed E-state index contributed by atoms with van der Waals surface area (Å²) in [6, 6.07) is 0. The number of hydrogen-bond donors (Lipinski definition) is 1. The molecule has 2 rings (SSSR count). The van der Waals surface area contributed by atoms with Gasteiger partial charge in [-0.2, -0.15) is 5.10 Å². The number of rotatable bonds is 7. The number of nitrogens with zero attached hydrogens (tertiary/aromatic N) is 4. The molecule has 1 aromatic heterocycles. The molecule has 1 aliphatic heterocycles. The van der Waals surface area contributed by atoms with Crippen LogP contribution in [0, 0.1) is 18.8 Å². The largest absolute Gasteiger partial charge is 0.396 e. The zero-order valence-electron chi connectivity index (χ0n) is 13.9. The van der Waals surface area contributed by atoms with Gasteiger partial charge in [0.15, 0.2) is 0 Å². The van der Waals surface area contributed by atoms with Crippen LogP contribution < -0.4 is 0 Å². The molecule has 5 nitrogen and oxygen atoms in total. The monoisotopic (exact) mass is 294 g/mol. The van der Waals surface area contributed by atoms with Crippen LogP contribution in [0.2, 0.25) is 0 Å². The van der Waals surface area contributed by atoms with Gasteiger partial charge in [-0.25, -0.2) is 0 Å². The maximum Gasteiger partial charge on any atom is 0.0537 e. The highest BCUT2D eigenvalue weighted by molar-refractivity contribution is 5.16. The summed E-state index contributed by atoms with van der Waals surface area (Å²) < 4.78 is 2.10. The maximum atomic E-state index is 9.60. The molecule has 0 amide bonds. The Morgan fingerprint density at radius 3 is 2.67 bits per heavy atom. The van der Waals surface area contributed by atoms with E-state index in [-0.39, 0.29) is 0 Å². The fraction of sp³-hybridized carbons (Fsp3) is 0.812. The Morgan fingerprint density at radius 1 is 1.33 bits per heavy atom. The van der Waals surface area contributed by atoms with Crippen LogP contribution in [0.5, 0.6) is 0 Å². The van der Waals surface area contributed by atoms with Gasteiger partial charge in [0, 0.05) is 50.6 Å². The second-order valence-corrected chi connectivity index (χ2v) is 6.64. The van der Waals surface area contributed by atoms with E-state index in [4.69, 9.17) is 0 Å². The van der Waals surface area contributed by atoms with E-state index in [1.807, 2.05) is 6.20 Å². The van der Waals surface area contributed by atoms with E-state index in [0.717, 1.165) is 39.1 Å². The highest BCUT2D eigenvalue weighted by atomic mass is 16.3. The average Bonchev–Trinajstić information content (AvgIpc) is 2.96. The minimum absolute atomic E-state index is 0.295. The van der Waals surface area contributed by atoms with Gasteiger partial charge in [-0.15, -0.1) is 0 Å². The van der Waals surface area contributed by atoms with Crippen molar-refractivity contribution < 1.29 is 5.11 Å². The van der Waals surface area contributed by atoms with E-state index in [1.54, 1.807) is 0 Å². The maximum absolute atomic E-state index is 9.60. The summed E-state index contributed by atoms with van der Waals surface area (Å²) in [5, 5.41) is 14.1. The van der Waals surface area contributed by atoms with Crippen LogP contribution in [-0.4, -0.2) is 65.0 Å². The third-order valence-electron chi connectivity index (χ3n) is 4.52. The predicted molar refractivity (Wildman–Crippen MR) is 85.2 cm³/mol. The van der Waals surface area contributed by atoms with Crippen molar-refractivity contribution in [1.82, 2.24) is 19.6 Å². The first-order chi connectivity index (χ1) is 10.0. The Hall–Kier alpha value is -0.910. The standard InChI is InChI=1S/C16H30N4O/c1-5-6-20-13(2)14(7-17-20)9-19-10-15(8-18(3)4)16(11-19)12-21/h7,15-16,21H,5-6,8-12H2,1-4H3/t15-,16-/m1/s1. The first-order valence-electron chi connectivity index (χ1n) is 8.04. The first-order valence-corrected chi connectivity index (χ1v) is 8.04. The predicted octanol–water partition coefficient (Wildman–Crippen LogP) is 1.20. The summed E-state index contributed by atoms with van der Waals surface area (Å²) in [5.41, 5.74) is 2.61. The van der Waals surface area contributed by atoms with E-state index in [2.05, 4.69) is 47.5 Å². The lowest BCUT2D eigenvalue weighted by atomic mass is 9.97. The zero-order chi connectivity index (χ0) is 15.4. The van der Waals surface area contributed by atoms with Crippen molar-refractivity contribution in [2.24, 2.45) is 11.8 Å². The van der Waals surface area contributed by atoms with Crippen LogP contribution in [0.3, 0.4) is 0 Å². The van der Waals surface area contributed by atoms with Crippen LogP contribution >= 0.6 is 0 Å². The van der Waals surface area contributed by atoms with Gasteiger partial charge < -0.3 is 10.0 Å². The van der Waals surface area contributed by atoms with Crippen molar-refractivity contribution in [2.45, 2.75) is 33.4 Å². The lowest BCUT2D eigenvalue weighted by Gasteiger charge is -2.20. The number of aromatic nitrogens is 2. The van der Waals surface area contributed by atoms with Gasteiger partial charge in [-0.05, 0) is 39.3 Å². The van der Waals surface area contributed by atoms with E-state index >= 15 is 0 Å². The van der Waals surface area contributed by atoms with E-state index in [1.165, 1.54) is 11.3 Å². The summed E-state index contributed by atoms with van der Waals surface area (Å²) in [5.74, 6) is 0.967. The van der Waals surface area contributed by atoms with Gasteiger partial charge in [0.05, 0.1) is 6.20 Å². The molecule has 1 saturated heterocycles. The molecule has 0 saturated carbocycles. The van der Waals surface area contributed by atoms with Crippen LogP contribution in [0.1, 0.15) is 24.6 Å². The molecule has 0 aliphatic carbocycles. The second-order valence-electron chi connectivity index (χ2n) is 6.64. The third-order valence-corrected chi connectivity index (χ3v) is 4.52. The fourth-order valence-corrected chi connectivity index (χ4v) is 3.37. The highest BCUT2D eigenvalue weighted by Crippen LogP contribution is 2.25. The van der Waals surface area contributed by atoms with Crippen molar-refractivity contribution >= 4 is 0 Å². The number of aliphatic hydroxyl groups is 1. The molecule has 0 spiro atoms. The normalized spacial score (nSPS) is 23.3. The number of likely N-dealkylation sites (tertiary alicyclic amines) is 1. The molecular formula is C16H30N4O. The fourth-order valence-electron chi connectivity index (χ4n) is 3.37. The minimum atomic E-state index is 0.295. The van der Waals surface area contributed by atoms with Crippen LogP contribution in [0.15, 0.2) is 6.20 Å². The molecule has 1 fully saturated rings. The van der Waals surface area contributed by atoms with Gasteiger partial charge >= 0.3 is 0 Å². The zero-order valence-corrected chi connectivity index (χ0v) is 13.9. The quantitative estimate of drug-likeness (QED) is 0.821. The van der Waals surface area contributed by atoms with Crippen LogP contribution in [-0.2, 0) is 13.1 Å². The molecule has 1 aromatic rings. The Morgan fingerprint density at radius 2 is 2.05 bits per heavy atom. The molecule has 0 bridgehead atoms. The van der Waals surface area contributed by atoms with Gasteiger partial charge in [-0.3, -0.25) is 9.58 Å². The van der Waals surface area contributed by atoms with E-state index in [9.17, 15) is 5.11 Å². The Labute approximate surface area is 128 Å². The molecule has 0 radical (unpaired) electrons. The lowest BCUT2D eigenvalue weighted by molar-refractivity contribution is 0.183. The number of aryl methyl sites for hydroxylation is 1. The molecule has 5 heteroatoms. The van der Waals surface area contributed by atoms with Gasteiger partial charge in [-0.1, -0.05) is 6.92 Å². The van der Waals surface area contributed by atoms with E-state index in [0.29, 0.717) is 18.4 Å². The second kappa shape index (κ2) is 7.38. The molecule has 2 heterocycles. The molecular weight excluding hydrogens is 264 g/mol. The molecule has 21 heavy (non-hydrogen) atoms. The van der Waals surface area contributed by atoms with Crippen LogP contribution in [0.4, 0.5) is 0 Å². The van der Waals surface area contributed by atoms with Crippen LogP contribution in [0.25, 0.3) is 0 Å². The summed E-state index contributed by atoms with van der Waals surface area (Å²) in [6.45, 7) is 9.70. The SMILES string of the molecule is CCCn1ncc(CN2C[C@@H](CN(C)C)[C@@H](CO)C2)c1C. The molecule has 2 atom stereocenters. The molecule has 0 unspecified atom stereocenters. The smallest absolute Gasteiger partial charge is 0.0537 e. The van der Waals surface area contributed by atoms with Crippen molar-refractivity contribution in [2.75, 3.05) is 40.3 Å². The minimum Gasteiger partial charge on any atom is -0.396 e. The third kappa shape index (κ3) is 4.05. The molecule has 1 aliphatic rings. The number of hydrogen-bond acceptors (Lipinski definition) is 4. The Balaban J connectivity index is 1.97. The van der Waals surface area contributed by atoms with Crippen molar-refractivity contribution in [1.29, 1.82) is 0 Å². The highest BCUT2D eigenvalue weighted by Gasteiger charge is 2.32.